The van der Waals surface area contributed by atoms with Crippen molar-refractivity contribution >= 4 is 22.7 Å². The number of thioether (sulfide) groups is 1. The molecule has 10 heteroatoms. The van der Waals surface area contributed by atoms with E-state index < -0.39 is 0 Å². The van der Waals surface area contributed by atoms with Crippen LogP contribution in [0.4, 0.5) is 4.39 Å². The predicted octanol–water partition coefficient (Wildman–Crippen LogP) is 1.66. The van der Waals surface area contributed by atoms with E-state index in [1.165, 1.54) is 33.3 Å². The summed E-state index contributed by atoms with van der Waals surface area (Å²) in [5.41, 5.74) is 0.783. The number of rotatable bonds is 4. The Morgan fingerprint density at radius 2 is 1.92 bits per heavy atom. The van der Waals surface area contributed by atoms with Gasteiger partial charge in [-0.05, 0) is 40.8 Å². The molecule has 0 amide bonds. The molecule has 0 saturated heterocycles. The third-order valence-corrected chi connectivity index (χ3v) is 4.33. The summed E-state index contributed by atoms with van der Waals surface area (Å²) in [6, 6.07) is 12.9. The third-order valence-electron chi connectivity index (χ3n) is 3.44. The minimum absolute atomic E-state index is 0.173. The second kappa shape index (κ2) is 6.40. The molecular weight excluding hydrogens is 345 g/mol. The molecule has 2 aromatic carbocycles. The van der Waals surface area contributed by atoms with Crippen LogP contribution >= 0.6 is 11.8 Å². The van der Waals surface area contributed by atoms with E-state index >= 15 is 0 Å². The molecular formula is C15H10FN7OS. The van der Waals surface area contributed by atoms with Crippen LogP contribution in [0.3, 0.4) is 0 Å². The molecule has 0 saturated carbocycles. The number of hydrogen-bond acceptors (Lipinski definition) is 7. The zero-order valence-electron chi connectivity index (χ0n) is 12.7. The molecule has 8 nitrogen and oxygen atoms in total. The van der Waals surface area contributed by atoms with E-state index in [1.807, 2.05) is 0 Å². The Hall–Kier alpha value is -3.14. The summed E-state index contributed by atoms with van der Waals surface area (Å²) in [4.78, 5) is 12.4. The van der Waals surface area contributed by atoms with Gasteiger partial charge in [-0.2, -0.15) is 9.36 Å². The van der Waals surface area contributed by atoms with Gasteiger partial charge >= 0.3 is 0 Å². The highest BCUT2D eigenvalue weighted by Crippen LogP contribution is 2.19. The summed E-state index contributed by atoms with van der Waals surface area (Å²) in [5, 5.41) is 20.2. The van der Waals surface area contributed by atoms with Crippen LogP contribution in [0, 0.1) is 5.82 Å². The van der Waals surface area contributed by atoms with Gasteiger partial charge in [-0.15, -0.1) is 10.2 Å². The maximum atomic E-state index is 13.4. The van der Waals surface area contributed by atoms with Gasteiger partial charge in [0.2, 0.25) is 5.16 Å². The van der Waals surface area contributed by atoms with Crippen LogP contribution in [-0.4, -0.2) is 35.2 Å². The summed E-state index contributed by atoms with van der Waals surface area (Å²) in [6.07, 6.45) is 0. The van der Waals surface area contributed by atoms with Gasteiger partial charge in [0.25, 0.3) is 5.56 Å². The zero-order valence-corrected chi connectivity index (χ0v) is 13.5. The Morgan fingerprint density at radius 1 is 1.04 bits per heavy atom. The number of aromatic nitrogens is 7. The number of nitrogens with zero attached hydrogens (tertiary/aromatic N) is 7. The molecule has 0 unspecified atom stereocenters. The lowest BCUT2D eigenvalue weighted by atomic mass is 10.2. The first kappa shape index (κ1) is 15.4. The van der Waals surface area contributed by atoms with Crippen molar-refractivity contribution in [1.82, 2.24) is 35.2 Å². The van der Waals surface area contributed by atoms with E-state index in [0.29, 0.717) is 21.7 Å². The van der Waals surface area contributed by atoms with Crippen LogP contribution in [0.1, 0.15) is 0 Å². The molecule has 0 bridgehead atoms. The van der Waals surface area contributed by atoms with Crippen molar-refractivity contribution in [2.24, 2.45) is 0 Å². The van der Waals surface area contributed by atoms with Crippen LogP contribution in [0.5, 0.6) is 0 Å². The highest BCUT2D eigenvalue weighted by atomic mass is 32.2. The summed E-state index contributed by atoms with van der Waals surface area (Å²) < 4.78 is 16.0. The molecule has 0 N–H and O–H groups in total. The lowest BCUT2D eigenvalue weighted by molar-refractivity contribution is 0.622. The summed E-state index contributed by atoms with van der Waals surface area (Å²) >= 11 is 1.20. The van der Waals surface area contributed by atoms with E-state index in [-0.39, 0.29) is 17.3 Å². The summed E-state index contributed by atoms with van der Waals surface area (Å²) in [5.74, 6) is -0.215. The highest BCUT2D eigenvalue weighted by Gasteiger charge is 2.12. The zero-order chi connectivity index (χ0) is 17.2. The fourth-order valence-corrected chi connectivity index (χ4v) is 3.03. The molecule has 124 valence electrons. The van der Waals surface area contributed by atoms with E-state index in [0.717, 1.165) is 0 Å². The second-order valence-electron chi connectivity index (χ2n) is 5.04. The lowest BCUT2D eigenvalue weighted by Gasteiger charge is -2.05. The molecule has 0 radical (unpaired) electrons. The smallest absolute Gasteiger partial charge is 0.267 e. The van der Waals surface area contributed by atoms with Gasteiger partial charge in [0.1, 0.15) is 11.3 Å². The van der Waals surface area contributed by atoms with E-state index in [9.17, 15) is 9.18 Å². The van der Waals surface area contributed by atoms with E-state index in [1.54, 1.807) is 36.4 Å². The van der Waals surface area contributed by atoms with E-state index in [4.69, 9.17) is 0 Å². The maximum absolute atomic E-state index is 13.4. The van der Waals surface area contributed by atoms with Crippen molar-refractivity contribution in [1.29, 1.82) is 0 Å². The standard InChI is InChI=1S/C15H10FN7OS/c16-10-4-3-5-11(8-10)23-15(18-19-21-23)25-9-22-14(24)12-6-1-2-7-13(12)17-20-22/h1-8H,9H2. The molecule has 0 spiro atoms. The van der Waals surface area contributed by atoms with Gasteiger partial charge in [0, 0.05) is 0 Å². The van der Waals surface area contributed by atoms with Gasteiger partial charge in [-0.3, -0.25) is 4.79 Å². The monoisotopic (exact) mass is 355 g/mol. The Morgan fingerprint density at radius 3 is 2.80 bits per heavy atom. The highest BCUT2D eigenvalue weighted by molar-refractivity contribution is 7.98. The molecule has 2 aromatic heterocycles. The molecule has 4 rings (SSSR count). The number of fused-ring (bicyclic) bond motifs is 1. The van der Waals surface area contributed by atoms with Crippen LogP contribution in [0.2, 0.25) is 0 Å². The first-order chi connectivity index (χ1) is 12.2. The summed E-state index contributed by atoms with van der Waals surface area (Å²) in [6.45, 7) is 0. The number of hydrogen-bond donors (Lipinski definition) is 0. The van der Waals surface area contributed by atoms with Crippen LogP contribution in [0.15, 0.2) is 58.5 Å². The maximum Gasteiger partial charge on any atom is 0.278 e. The van der Waals surface area contributed by atoms with Crippen molar-refractivity contribution in [3.8, 4) is 5.69 Å². The third kappa shape index (κ3) is 2.98. The quantitative estimate of drug-likeness (QED) is 0.514. The average Bonchev–Trinajstić information content (AvgIpc) is 3.10. The fourth-order valence-electron chi connectivity index (χ4n) is 2.27. The van der Waals surface area contributed by atoms with Gasteiger partial charge in [-0.25, -0.2) is 4.39 Å². The number of benzene rings is 2. The van der Waals surface area contributed by atoms with Gasteiger partial charge in [-0.1, -0.05) is 35.2 Å². The fraction of sp³-hybridized carbons (Fsp3) is 0.0667. The minimum Gasteiger partial charge on any atom is -0.267 e. The van der Waals surface area contributed by atoms with Crippen LogP contribution < -0.4 is 5.56 Å². The largest absolute Gasteiger partial charge is 0.278 e. The normalized spacial score (nSPS) is 11.1. The molecule has 0 aliphatic heterocycles. The number of halogens is 1. The molecule has 2 heterocycles. The van der Waals surface area contributed by atoms with Gasteiger partial charge in [0.15, 0.2) is 0 Å². The molecule has 0 fully saturated rings. The van der Waals surface area contributed by atoms with E-state index in [2.05, 4.69) is 25.8 Å². The molecule has 0 aliphatic carbocycles. The Kier molecular flexibility index (Phi) is 3.94. The van der Waals surface area contributed by atoms with Gasteiger partial charge < -0.3 is 0 Å². The molecule has 4 aromatic rings. The molecule has 0 aliphatic rings. The number of tetrazole rings is 1. The average molecular weight is 355 g/mol. The van der Waals surface area contributed by atoms with Crippen LogP contribution in [-0.2, 0) is 5.88 Å². The van der Waals surface area contributed by atoms with Gasteiger partial charge in [0.05, 0.1) is 17.0 Å². The predicted molar refractivity (Wildman–Crippen MR) is 88.8 cm³/mol. The van der Waals surface area contributed by atoms with Crippen molar-refractivity contribution in [3.63, 3.8) is 0 Å². The van der Waals surface area contributed by atoms with Crippen LogP contribution in [0.25, 0.3) is 16.6 Å². The molecule has 25 heavy (non-hydrogen) atoms. The SMILES string of the molecule is O=c1c2ccccc2nnn1CSc1nnnn1-c1cccc(F)c1. The first-order valence-electron chi connectivity index (χ1n) is 7.22. The Labute approximate surface area is 144 Å². The van der Waals surface area contributed by atoms with Crippen molar-refractivity contribution in [2.75, 3.05) is 0 Å². The van der Waals surface area contributed by atoms with Crippen molar-refractivity contribution in [3.05, 3.63) is 64.7 Å². The topological polar surface area (TPSA) is 91.4 Å². The van der Waals surface area contributed by atoms with Crippen molar-refractivity contribution in [2.45, 2.75) is 11.0 Å². The minimum atomic E-state index is -0.388. The Bertz CT molecular complexity index is 1110. The first-order valence-corrected chi connectivity index (χ1v) is 8.20. The summed E-state index contributed by atoms with van der Waals surface area (Å²) in [7, 11) is 0. The Balaban J connectivity index is 1.62. The van der Waals surface area contributed by atoms with Crippen molar-refractivity contribution < 1.29 is 4.39 Å². The second-order valence-corrected chi connectivity index (χ2v) is 5.95. The lowest BCUT2D eigenvalue weighted by Crippen LogP contribution is -2.23. The molecule has 0 atom stereocenters.